The normalized spacial score (nSPS) is 14.6. The maximum Gasteiger partial charge on any atom is 0.433 e. The first-order valence-corrected chi connectivity index (χ1v) is 36.4. The molecule has 0 radical (unpaired) electrons. The molecule has 7 atom stereocenters. The number of carbonyl (C=O) groups is 2. The van der Waals surface area contributed by atoms with Crippen molar-refractivity contribution in [2.75, 3.05) is 52.9 Å². The topological polar surface area (TPSA) is 500 Å². The number of hydrogen-bond donors (Lipinski definition) is 8. The van der Waals surface area contributed by atoms with Crippen molar-refractivity contribution >= 4 is 26.1 Å². The Kier molecular flexibility index (Phi) is 48.5. The first-order valence-electron chi connectivity index (χ1n) is 36.4. The van der Waals surface area contributed by atoms with Crippen LogP contribution in [0.15, 0.2) is 162 Å². The van der Waals surface area contributed by atoms with Crippen molar-refractivity contribution in [3.05, 3.63) is 268 Å². The van der Waals surface area contributed by atoms with Crippen molar-refractivity contribution < 1.29 is 159 Å². The van der Waals surface area contributed by atoms with Crippen LogP contribution in [0.25, 0.3) is 31.3 Å². The maximum atomic E-state index is 12.4. The van der Waals surface area contributed by atoms with Gasteiger partial charge in [0.25, 0.3) is 0 Å². The van der Waals surface area contributed by atoms with Crippen LogP contribution in [0.4, 0.5) is 105 Å². The third-order valence-electron chi connectivity index (χ3n) is 16.4. The Labute approximate surface area is 725 Å². The van der Waals surface area contributed by atoms with Gasteiger partial charge in [-0.05, 0) is 136 Å². The minimum atomic E-state index is -4.52. The zero-order valence-electron chi connectivity index (χ0n) is 66.4. The summed E-state index contributed by atoms with van der Waals surface area (Å²) >= 11 is 0. The molecular formula is C74H78F24N20O11S. The summed E-state index contributed by atoms with van der Waals surface area (Å²) in [7, 11) is 0. The summed E-state index contributed by atoms with van der Waals surface area (Å²) in [6, 6.07) is 12.7. The van der Waals surface area contributed by atoms with Crippen molar-refractivity contribution in [1.29, 1.82) is 0 Å². The number of ether oxygens (including phenoxy) is 4. The highest BCUT2D eigenvalue weighted by Crippen LogP contribution is 2.37. The molecule has 0 aliphatic carbocycles. The van der Waals surface area contributed by atoms with Gasteiger partial charge in [0.2, 0.25) is 0 Å². The number of alkyl halides is 24. The Morgan fingerprint density at radius 3 is 0.808 bits per heavy atom. The third kappa shape index (κ3) is 42.0. The molecule has 2 saturated heterocycles. The number of aliphatic hydroxyl groups is 5. The van der Waals surface area contributed by atoms with Crippen molar-refractivity contribution in [2.24, 2.45) is 32.5 Å². The predicted octanol–water partition coefficient (Wildman–Crippen LogP) is 17.5. The Balaban J connectivity index is 0.000000504. The SMILES string of the molecule is NC(CCO)c1ccc(C(F)(F)F)nc1.NC(CCO)c1ccc(C(F)(F)F)nc1.N[C@@H](CCO)c1ccc(C(F)(F)F)nc1.O=Cc1ccc(C(F)(F)F)nc1.OC(CC1OCCO1)c1ccc(C(F)(F)F)nc1.S.[N-]=[N+]=NC(CC1OCCO1)c1ccc(C(F)(F)F)nc1.[N-]=[N+]=NC(CC=O)c1ccc(C(F)(F)F)nc1.[N-]=[N+]=NC(CCO)c1ccc(C(F)(F)F)nc1. The fourth-order valence-electron chi connectivity index (χ4n) is 9.80. The Bertz CT molecular complexity index is 4570. The molecule has 8 aromatic heterocycles. The van der Waals surface area contributed by atoms with E-state index in [1.165, 1.54) is 36.4 Å². The molecule has 0 aromatic carbocycles. The molecule has 0 spiro atoms. The molecule has 0 saturated carbocycles. The second kappa shape index (κ2) is 55.0. The van der Waals surface area contributed by atoms with Gasteiger partial charge in [-0.3, -0.25) is 44.7 Å². The molecule has 56 heteroatoms. The van der Waals surface area contributed by atoms with E-state index in [0.717, 1.165) is 110 Å². The molecule has 714 valence electrons. The summed E-state index contributed by atoms with van der Waals surface area (Å²) in [5.74, 6) is 0. The minimum absolute atomic E-state index is 0. The van der Waals surface area contributed by atoms with Crippen molar-refractivity contribution in [1.82, 2.24) is 39.9 Å². The lowest BCUT2D eigenvalue weighted by Crippen LogP contribution is -2.14. The zero-order valence-corrected chi connectivity index (χ0v) is 67.4. The number of aromatic nitrogens is 8. The number of halogens is 24. The van der Waals surface area contributed by atoms with Crippen molar-refractivity contribution in [3.8, 4) is 0 Å². The van der Waals surface area contributed by atoms with Crippen LogP contribution in [-0.4, -0.2) is 143 Å². The van der Waals surface area contributed by atoms with Crippen molar-refractivity contribution in [2.45, 2.75) is 149 Å². The number of rotatable bonds is 25. The van der Waals surface area contributed by atoms with Gasteiger partial charge in [-0.15, -0.1) is 0 Å². The lowest BCUT2D eigenvalue weighted by molar-refractivity contribution is -0.142. The number of aliphatic hydroxyl groups excluding tert-OH is 5. The van der Waals surface area contributed by atoms with E-state index in [4.69, 9.17) is 73.2 Å². The van der Waals surface area contributed by atoms with E-state index < -0.39 is 150 Å². The number of nitrogens with zero attached hydrogens (tertiary/aromatic N) is 17. The van der Waals surface area contributed by atoms with Gasteiger partial charge in [0.05, 0.1) is 50.7 Å². The Hall–Kier alpha value is -11.3. The zero-order chi connectivity index (χ0) is 97.2. The molecule has 10 rings (SSSR count). The fourth-order valence-corrected chi connectivity index (χ4v) is 9.80. The molecule has 130 heavy (non-hydrogen) atoms. The first kappa shape index (κ1) is 115. The van der Waals surface area contributed by atoms with Crippen LogP contribution in [0.5, 0.6) is 0 Å². The smallest absolute Gasteiger partial charge is 0.396 e. The maximum absolute atomic E-state index is 12.4. The molecule has 10 heterocycles. The van der Waals surface area contributed by atoms with Gasteiger partial charge in [0.15, 0.2) is 18.9 Å². The van der Waals surface area contributed by atoms with E-state index in [-0.39, 0.29) is 76.7 Å². The monoisotopic (exact) mass is 1910 g/mol. The van der Waals surface area contributed by atoms with E-state index in [1.54, 1.807) is 0 Å². The molecule has 31 nitrogen and oxygen atoms in total. The van der Waals surface area contributed by atoms with Gasteiger partial charge in [-0.2, -0.15) is 119 Å². The Morgan fingerprint density at radius 2 is 0.577 bits per heavy atom. The first-order chi connectivity index (χ1) is 60.3. The summed E-state index contributed by atoms with van der Waals surface area (Å²) in [6.45, 7) is 1.25. The highest BCUT2D eigenvalue weighted by atomic mass is 32.1. The van der Waals surface area contributed by atoms with Crippen molar-refractivity contribution in [3.63, 3.8) is 0 Å². The van der Waals surface area contributed by atoms with Crippen LogP contribution in [-0.2, 0) is 73.2 Å². The average Bonchev–Trinajstić information content (AvgIpc) is 1.36. The van der Waals surface area contributed by atoms with E-state index >= 15 is 0 Å². The lowest BCUT2D eigenvalue weighted by Gasteiger charge is -2.16. The third-order valence-corrected chi connectivity index (χ3v) is 16.4. The van der Waals surface area contributed by atoms with Gasteiger partial charge in [-0.25, -0.2) is 0 Å². The molecule has 6 unspecified atom stereocenters. The number of carbonyl (C=O) groups excluding carboxylic acids is 2. The lowest BCUT2D eigenvalue weighted by atomic mass is 10.1. The molecule has 2 aliphatic heterocycles. The van der Waals surface area contributed by atoms with Crippen LogP contribution >= 0.6 is 13.5 Å². The minimum Gasteiger partial charge on any atom is -0.396 e. The number of aldehydes is 2. The summed E-state index contributed by atoms with van der Waals surface area (Å²) in [6.07, 6.45) is -27.2. The number of hydrogen-bond acceptors (Lipinski definition) is 25. The van der Waals surface area contributed by atoms with E-state index in [9.17, 15) is 120 Å². The second-order valence-corrected chi connectivity index (χ2v) is 25.7. The van der Waals surface area contributed by atoms with E-state index in [2.05, 4.69) is 69.9 Å². The average molecular weight is 1910 g/mol. The van der Waals surface area contributed by atoms with Crippen LogP contribution in [0, 0.1) is 0 Å². The van der Waals surface area contributed by atoms with Gasteiger partial charge in [0, 0.05) is 134 Å². The van der Waals surface area contributed by atoms with Crippen LogP contribution in [0.3, 0.4) is 0 Å². The molecule has 0 bridgehead atoms. The molecule has 0 amide bonds. The van der Waals surface area contributed by atoms with E-state index in [0.29, 0.717) is 91.6 Å². The van der Waals surface area contributed by atoms with Gasteiger partial charge in [-0.1, -0.05) is 57.8 Å². The molecule has 2 aliphatic rings. The number of azide groups is 3. The molecule has 8 aromatic rings. The molecule has 11 N–H and O–H groups in total. The molecular weight excluding hydrogens is 1830 g/mol. The summed E-state index contributed by atoms with van der Waals surface area (Å²) in [5, 5.41) is 54.6. The molecule has 2 fully saturated rings. The van der Waals surface area contributed by atoms with Gasteiger partial charge in [0.1, 0.15) is 51.8 Å². The number of nitrogens with two attached hydrogens (primary N) is 3. The fraction of sp³-hybridized carbons (Fsp3) is 0.432. The van der Waals surface area contributed by atoms with Crippen LogP contribution < -0.4 is 17.2 Å². The second-order valence-electron chi connectivity index (χ2n) is 25.7. The van der Waals surface area contributed by atoms with Gasteiger partial charge < -0.3 is 66.5 Å². The Morgan fingerprint density at radius 1 is 0.346 bits per heavy atom. The largest absolute Gasteiger partial charge is 0.433 e. The number of pyridine rings is 8. The van der Waals surface area contributed by atoms with Gasteiger partial charge >= 0.3 is 49.4 Å². The standard InChI is InChI=1S/C11H11F3N4O2.C11H12F3NO3.C9H9F3N4O.C9H7F3N4O.3C9H11F3N2O.C7H4F3NO.H2S/c12-11(13,14)9-2-1-7(6-16-9)8(17-18-15)5-10-19-3-4-20-10;12-11(13,14)9-2-1-7(6-15-9)8(16)5-10-17-3-4-18-10;2*10-9(11,12)8-2-1-6(5-14-8)7(3-4-17)15-16-13;3*10-9(11,12)8-2-1-6(5-14-8)7(13)3-4-15;8-7(9,10)6-2-1-5(4-12)3-11-6;/h1-2,6,8,10H,3-5H2;1-2,6,8,10,16H,3-5H2;1-2,5,7,17H,3-4H2;1-2,4-5,7H,3H2;3*1-2,5,7,15H,3-4,13H2;1-4H;1H2/t;;;;7-;;;;/m....0..../s1. The summed E-state index contributed by atoms with van der Waals surface area (Å²) < 4.78 is 313. The van der Waals surface area contributed by atoms with Crippen LogP contribution in [0.2, 0.25) is 0 Å². The summed E-state index contributed by atoms with van der Waals surface area (Å²) in [5.41, 5.74) is 36.9. The van der Waals surface area contributed by atoms with E-state index in [1.807, 2.05) is 0 Å². The predicted molar refractivity (Wildman–Crippen MR) is 409 cm³/mol. The quantitative estimate of drug-likeness (QED) is 0.00866. The highest BCUT2D eigenvalue weighted by Gasteiger charge is 2.39. The summed E-state index contributed by atoms with van der Waals surface area (Å²) in [4.78, 5) is 54.1. The van der Waals surface area contributed by atoms with Crippen LogP contribution in [0.1, 0.15) is 182 Å². The highest BCUT2D eigenvalue weighted by molar-refractivity contribution is 7.59.